The Morgan fingerprint density at radius 1 is 1.14 bits per heavy atom. The van der Waals surface area contributed by atoms with Crippen molar-refractivity contribution < 1.29 is 28.6 Å². The first kappa shape index (κ1) is 28.3. The number of nitrogens with one attached hydrogen (secondary N) is 1. The van der Waals surface area contributed by atoms with Gasteiger partial charge >= 0.3 is 5.97 Å². The van der Waals surface area contributed by atoms with E-state index in [4.69, 9.17) is 25.9 Å². The van der Waals surface area contributed by atoms with Gasteiger partial charge in [-0.05, 0) is 50.1 Å². The fourth-order valence-electron chi connectivity index (χ4n) is 5.24. The van der Waals surface area contributed by atoms with Gasteiger partial charge in [0.1, 0.15) is 28.4 Å². The first-order chi connectivity index (χ1) is 20.8. The molecule has 11 heteroatoms. The van der Waals surface area contributed by atoms with E-state index >= 15 is 0 Å². The molecule has 2 aromatic carbocycles. The number of aromatic nitrogens is 1. The second-order valence-electron chi connectivity index (χ2n) is 10.5. The fourth-order valence-corrected chi connectivity index (χ4v) is 5.43. The number of ether oxygens (including phenoxy) is 1. The molecule has 0 atom stereocenters. The lowest BCUT2D eigenvalue weighted by Gasteiger charge is -2.38. The molecule has 2 N–H and O–H groups in total. The van der Waals surface area contributed by atoms with Crippen LogP contribution in [0.1, 0.15) is 40.9 Å². The number of nitrogens with zero attached hydrogens (tertiary/aromatic N) is 3. The summed E-state index contributed by atoms with van der Waals surface area (Å²) >= 11 is 6.59. The van der Waals surface area contributed by atoms with Crippen molar-refractivity contribution in [2.45, 2.75) is 32.2 Å². The van der Waals surface area contributed by atoms with E-state index in [1.54, 1.807) is 29.3 Å². The molecule has 2 aromatic heterocycles. The van der Waals surface area contributed by atoms with Gasteiger partial charge in [-0.15, -0.1) is 0 Å². The van der Waals surface area contributed by atoms with Gasteiger partial charge in [0.25, 0.3) is 5.91 Å². The lowest BCUT2D eigenvalue weighted by atomic mass is 10.1. The van der Waals surface area contributed by atoms with Crippen LogP contribution in [0, 0.1) is 6.92 Å². The van der Waals surface area contributed by atoms with Gasteiger partial charge < -0.3 is 29.4 Å². The lowest BCUT2D eigenvalue weighted by molar-refractivity contribution is -0.136. The van der Waals surface area contributed by atoms with Gasteiger partial charge in [-0.3, -0.25) is 19.4 Å². The smallest absolute Gasteiger partial charge is 0.305 e. The highest BCUT2D eigenvalue weighted by molar-refractivity contribution is 6.32. The first-order valence-corrected chi connectivity index (χ1v) is 14.4. The Hall–Kier alpha value is -4.83. The van der Waals surface area contributed by atoms with Crippen LogP contribution in [0.25, 0.3) is 17.0 Å². The summed E-state index contributed by atoms with van der Waals surface area (Å²) in [5.74, 6) is -0.541. The molecule has 0 unspecified atom stereocenters. The van der Waals surface area contributed by atoms with Crippen molar-refractivity contribution >= 4 is 57.8 Å². The zero-order valence-electron chi connectivity index (χ0n) is 23.4. The van der Waals surface area contributed by atoms with Crippen LogP contribution in [0.4, 0.5) is 11.4 Å². The molecular weight excluding hydrogens is 572 g/mol. The zero-order valence-corrected chi connectivity index (χ0v) is 24.1. The number of carboxylic acids is 1. The van der Waals surface area contributed by atoms with Crippen LogP contribution in [0.2, 0.25) is 5.02 Å². The third kappa shape index (κ3) is 5.91. The number of rotatable bonds is 9. The van der Waals surface area contributed by atoms with Crippen LogP contribution in [-0.4, -0.2) is 53.6 Å². The Bertz CT molecular complexity index is 1760. The number of aliphatic carboxylic acids is 1. The van der Waals surface area contributed by atoms with E-state index in [0.29, 0.717) is 41.0 Å². The minimum atomic E-state index is -0.993. The monoisotopic (exact) mass is 600 g/mol. The summed E-state index contributed by atoms with van der Waals surface area (Å²) < 4.78 is 12.1. The number of hydrogen-bond acceptors (Lipinski definition) is 7. The summed E-state index contributed by atoms with van der Waals surface area (Å²) in [5.41, 5.74) is 3.49. The molecule has 43 heavy (non-hydrogen) atoms. The number of para-hydroxylation sites is 2. The molecule has 2 amide bonds. The van der Waals surface area contributed by atoms with E-state index in [1.807, 2.05) is 25.1 Å². The summed E-state index contributed by atoms with van der Waals surface area (Å²) in [4.78, 5) is 45.0. The number of carbonyl (C=O) groups is 3. The van der Waals surface area contributed by atoms with Crippen LogP contribution in [0.15, 0.2) is 65.4 Å². The number of hydrogen-bond donors (Lipinski definition) is 2. The summed E-state index contributed by atoms with van der Waals surface area (Å²) in [6.07, 6.45) is 8.04. The Balaban J connectivity index is 1.24. The Labute approximate surface area is 252 Å². The predicted octanol–water partition coefficient (Wildman–Crippen LogP) is 5.82. The number of aryl methyl sites for hydroxylation is 1. The minimum absolute atomic E-state index is 0.0244. The van der Waals surface area contributed by atoms with Crippen molar-refractivity contribution in [3.05, 3.63) is 82.8 Å². The number of benzene rings is 2. The van der Waals surface area contributed by atoms with Gasteiger partial charge in [-0.25, -0.2) is 0 Å². The Kier molecular flexibility index (Phi) is 7.77. The van der Waals surface area contributed by atoms with Gasteiger partial charge in [-0.1, -0.05) is 23.7 Å². The summed E-state index contributed by atoms with van der Waals surface area (Å²) in [5, 5.41) is 12.2. The van der Waals surface area contributed by atoms with Gasteiger partial charge in [0, 0.05) is 61.2 Å². The maximum atomic E-state index is 13.9. The van der Waals surface area contributed by atoms with Crippen molar-refractivity contribution in [2.24, 2.45) is 0 Å². The number of halogens is 1. The molecule has 6 rings (SSSR count). The molecule has 4 aromatic rings. The predicted molar refractivity (Wildman–Crippen MR) is 163 cm³/mol. The Morgan fingerprint density at radius 3 is 2.70 bits per heavy atom. The second-order valence-corrected chi connectivity index (χ2v) is 10.9. The number of furan rings is 1. The van der Waals surface area contributed by atoms with Crippen LogP contribution >= 0.6 is 11.6 Å². The maximum Gasteiger partial charge on any atom is 0.305 e. The van der Waals surface area contributed by atoms with Crippen LogP contribution in [0.3, 0.4) is 0 Å². The SMILES string of the molecule is Cc1c(/C=C/C(=O)NCCC(=O)O)oc2cc(Cl)c(Oc3ccncc3C(=O)N3CCN(C4CC4)c4ccccc43)cc12. The molecule has 3 heterocycles. The van der Waals surface area contributed by atoms with Crippen LogP contribution < -0.4 is 19.9 Å². The molecule has 10 nitrogen and oxygen atoms in total. The number of pyridine rings is 1. The van der Waals surface area contributed by atoms with Crippen molar-refractivity contribution in [3.8, 4) is 11.5 Å². The quantitative estimate of drug-likeness (QED) is 0.230. The van der Waals surface area contributed by atoms with Crippen molar-refractivity contribution in [2.75, 3.05) is 29.4 Å². The minimum Gasteiger partial charge on any atom is -0.481 e. The van der Waals surface area contributed by atoms with E-state index < -0.39 is 11.9 Å². The molecule has 2 aliphatic rings. The van der Waals surface area contributed by atoms with E-state index in [0.717, 1.165) is 28.9 Å². The molecule has 0 radical (unpaired) electrons. The molecular formula is C32H29ClN4O6. The Morgan fingerprint density at radius 2 is 1.93 bits per heavy atom. The normalized spacial score (nSPS) is 14.7. The number of amides is 2. The van der Waals surface area contributed by atoms with E-state index in [1.165, 1.54) is 31.2 Å². The average molecular weight is 601 g/mol. The second kappa shape index (κ2) is 11.8. The molecule has 1 saturated carbocycles. The number of carboxylic acid groups (broad SMARTS) is 1. The average Bonchev–Trinajstić information content (AvgIpc) is 3.80. The zero-order chi connectivity index (χ0) is 30.1. The highest BCUT2D eigenvalue weighted by Gasteiger charge is 2.36. The standard InChI is InChI=1S/C32H29ClN4O6/c1-19-21-16-29(23(33)17-28(21)42-26(19)8-9-30(38)35-13-11-31(39)40)43-27-10-12-34-18-22(27)32(41)37-15-14-36(20-6-7-20)24-4-2-3-5-25(24)37/h2-5,8-10,12,16-18,20H,6-7,11,13-15H2,1H3,(H,35,38)(H,39,40)/b9-8+. The highest BCUT2D eigenvalue weighted by atomic mass is 35.5. The van der Waals surface area contributed by atoms with Gasteiger partial charge in [-0.2, -0.15) is 0 Å². The number of anilines is 2. The number of carbonyl (C=O) groups excluding carboxylic acids is 2. The summed E-state index contributed by atoms with van der Waals surface area (Å²) in [6.45, 7) is 3.17. The number of fused-ring (bicyclic) bond motifs is 2. The molecule has 220 valence electrons. The van der Waals surface area contributed by atoms with Crippen molar-refractivity contribution in [1.82, 2.24) is 10.3 Å². The van der Waals surface area contributed by atoms with Gasteiger partial charge in [0.05, 0.1) is 22.8 Å². The highest BCUT2D eigenvalue weighted by Crippen LogP contribution is 2.42. The van der Waals surface area contributed by atoms with Crippen LogP contribution in [0.5, 0.6) is 11.5 Å². The van der Waals surface area contributed by atoms with E-state index in [-0.39, 0.29) is 23.9 Å². The third-order valence-corrected chi connectivity index (χ3v) is 7.86. The molecule has 0 saturated heterocycles. The van der Waals surface area contributed by atoms with Crippen LogP contribution in [-0.2, 0) is 9.59 Å². The lowest BCUT2D eigenvalue weighted by Crippen LogP contribution is -2.45. The van der Waals surface area contributed by atoms with Crippen molar-refractivity contribution in [3.63, 3.8) is 0 Å². The van der Waals surface area contributed by atoms with Crippen molar-refractivity contribution in [1.29, 1.82) is 0 Å². The van der Waals surface area contributed by atoms with E-state index in [9.17, 15) is 14.4 Å². The van der Waals surface area contributed by atoms with Gasteiger partial charge in [0.15, 0.2) is 0 Å². The first-order valence-electron chi connectivity index (χ1n) is 14.0. The maximum absolute atomic E-state index is 13.9. The molecule has 1 aliphatic heterocycles. The fraction of sp³-hybridized carbons (Fsp3) is 0.250. The summed E-state index contributed by atoms with van der Waals surface area (Å²) in [6, 6.07) is 13.5. The van der Waals surface area contributed by atoms with Gasteiger partial charge in [0.2, 0.25) is 5.91 Å². The molecule has 0 spiro atoms. The molecule has 1 aliphatic carbocycles. The topological polar surface area (TPSA) is 125 Å². The van der Waals surface area contributed by atoms with E-state index in [2.05, 4.69) is 21.3 Å². The largest absolute Gasteiger partial charge is 0.481 e. The molecule has 0 bridgehead atoms. The molecule has 1 fully saturated rings. The summed E-state index contributed by atoms with van der Waals surface area (Å²) in [7, 11) is 0. The third-order valence-electron chi connectivity index (χ3n) is 7.56.